The van der Waals surface area contributed by atoms with Crippen molar-refractivity contribution in [3.63, 3.8) is 0 Å². The zero-order valence-electron chi connectivity index (χ0n) is 13.0. The van der Waals surface area contributed by atoms with Crippen molar-refractivity contribution < 1.29 is 9.13 Å². The highest BCUT2D eigenvalue weighted by atomic mass is 19.1. The van der Waals surface area contributed by atoms with E-state index in [1.807, 2.05) is 16.8 Å². The Bertz CT molecular complexity index is 602. The van der Waals surface area contributed by atoms with E-state index >= 15 is 0 Å². The monoisotopic (exact) mass is 291 g/mol. The lowest BCUT2D eigenvalue weighted by atomic mass is 10.1. The molecule has 0 spiro atoms. The molecule has 0 saturated heterocycles. The van der Waals surface area contributed by atoms with Gasteiger partial charge < -0.3 is 10.1 Å². The van der Waals surface area contributed by atoms with E-state index < -0.39 is 0 Å². The Morgan fingerprint density at radius 1 is 1.29 bits per heavy atom. The van der Waals surface area contributed by atoms with Gasteiger partial charge in [-0.3, -0.25) is 4.68 Å². The molecule has 5 heteroatoms. The summed E-state index contributed by atoms with van der Waals surface area (Å²) in [5.74, 6) is -0.0923. The lowest BCUT2D eigenvalue weighted by Gasteiger charge is -2.20. The van der Waals surface area contributed by atoms with E-state index in [-0.39, 0.29) is 17.1 Å². The molecule has 0 bridgehead atoms. The van der Waals surface area contributed by atoms with Gasteiger partial charge in [0.05, 0.1) is 19.3 Å². The van der Waals surface area contributed by atoms with Gasteiger partial charge in [-0.15, -0.1) is 0 Å². The quantitative estimate of drug-likeness (QED) is 0.920. The molecule has 0 aliphatic carbocycles. The molecule has 2 aromatic rings. The molecule has 0 amide bonds. The van der Waals surface area contributed by atoms with Crippen LogP contribution in [-0.4, -0.2) is 22.4 Å². The van der Waals surface area contributed by atoms with Crippen molar-refractivity contribution in [2.75, 3.05) is 7.11 Å². The van der Waals surface area contributed by atoms with E-state index in [4.69, 9.17) is 4.74 Å². The summed E-state index contributed by atoms with van der Waals surface area (Å²) < 4.78 is 20.5. The summed E-state index contributed by atoms with van der Waals surface area (Å²) in [7, 11) is 1.46. The summed E-state index contributed by atoms with van der Waals surface area (Å²) in [6.45, 7) is 7.61. The Kier molecular flexibility index (Phi) is 4.63. The zero-order valence-corrected chi connectivity index (χ0v) is 13.0. The van der Waals surface area contributed by atoms with E-state index in [9.17, 15) is 4.39 Å². The number of benzene rings is 1. The largest absolute Gasteiger partial charge is 0.494 e. The van der Waals surface area contributed by atoms with Crippen LogP contribution in [0.2, 0.25) is 0 Å². The minimum Gasteiger partial charge on any atom is -0.494 e. The molecule has 1 aromatic carbocycles. The Morgan fingerprint density at radius 2 is 2.05 bits per heavy atom. The molecule has 0 fully saturated rings. The van der Waals surface area contributed by atoms with Gasteiger partial charge in [0.2, 0.25) is 0 Å². The highest BCUT2D eigenvalue weighted by Crippen LogP contribution is 2.18. The Balaban J connectivity index is 2.10. The summed E-state index contributed by atoms with van der Waals surface area (Å²) in [5, 5.41) is 7.73. The smallest absolute Gasteiger partial charge is 0.165 e. The van der Waals surface area contributed by atoms with E-state index in [1.165, 1.54) is 13.2 Å². The minimum absolute atomic E-state index is 0.0430. The number of nitrogens with zero attached hydrogens (tertiary/aromatic N) is 2. The fourth-order valence-electron chi connectivity index (χ4n) is 1.99. The molecule has 114 valence electrons. The third kappa shape index (κ3) is 4.29. The number of aromatic nitrogens is 2. The van der Waals surface area contributed by atoms with Gasteiger partial charge >= 0.3 is 0 Å². The van der Waals surface area contributed by atoms with E-state index in [0.717, 1.165) is 17.8 Å². The summed E-state index contributed by atoms with van der Waals surface area (Å²) >= 11 is 0. The van der Waals surface area contributed by atoms with Crippen LogP contribution in [0.15, 0.2) is 30.5 Å². The minimum atomic E-state index is -0.350. The molecule has 0 saturated carbocycles. The molecule has 0 atom stereocenters. The Hall–Kier alpha value is -1.88. The standard InChI is InChI=1S/C16H22FN3O/c1-16(2,3)18-10-13-7-8-19-20(13)11-12-5-6-15(21-4)14(17)9-12/h5-9,18H,10-11H2,1-4H3. The number of hydrogen-bond acceptors (Lipinski definition) is 3. The van der Waals surface area contributed by atoms with Gasteiger partial charge in [0.25, 0.3) is 0 Å². The number of hydrogen-bond donors (Lipinski definition) is 1. The molecular weight excluding hydrogens is 269 g/mol. The van der Waals surface area contributed by atoms with Crippen LogP contribution in [-0.2, 0) is 13.1 Å². The van der Waals surface area contributed by atoms with Crippen molar-refractivity contribution in [1.29, 1.82) is 0 Å². The first kappa shape index (κ1) is 15.5. The van der Waals surface area contributed by atoms with Crippen molar-refractivity contribution in [1.82, 2.24) is 15.1 Å². The van der Waals surface area contributed by atoms with Crippen molar-refractivity contribution in [2.45, 2.75) is 39.4 Å². The third-order valence-corrected chi connectivity index (χ3v) is 3.15. The number of nitrogens with one attached hydrogen (secondary N) is 1. The number of rotatable bonds is 5. The zero-order chi connectivity index (χ0) is 15.5. The van der Waals surface area contributed by atoms with Crippen LogP contribution in [0.4, 0.5) is 4.39 Å². The number of halogens is 1. The molecule has 0 unspecified atom stereocenters. The maximum Gasteiger partial charge on any atom is 0.165 e. The lowest BCUT2D eigenvalue weighted by molar-refractivity contribution is 0.386. The highest BCUT2D eigenvalue weighted by molar-refractivity contribution is 5.29. The molecule has 2 rings (SSSR count). The van der Waals surface area contributed by atoms with Gasteiger partial charge in [0.15, 0.2) is 11.6 Å². The summed E-state index contributed by atoms with van der Waals surface area (Å²) in [6, 6.07) is 6.95. The van der Waals surface area contributed by atoms with Gasteiger partial charge in [-0.1, -0.05) is 6.07 Å². The molecule has 0 aliphatic rings. The van der Waals surface area contributed by atoms with Gasteiger partial charge in [0.1, 0.15) is 0 Å². The first-order chi connectivity index (χ1) is 9.89. The maximum atomic E-state index is 13.7. The van der Waals surface area contributed by atoms with Crippen LogP contribution in [0.25, 0.3) is 0 Å². The van der Waals surface area contributed by atoms with Crippen LogP contribution < -0.4 is 10.1 Å². The van der Waals surface area contributed by atoms with Gasteiger partial charge in [0, 0.05) is 18.3 Å². The predicted molar refractivity (Wildman–Crippen MR) is 80.9 cm³/mol. The maximum absolute atomic E-state index is 13.7. The second kappa shape index (κ2) is 6.26. The molecule has 0 aliphatic heterocycles. The molecule has 1 heterocycles. The van der Waals surface area contributed by atoms with Crippen molar-refractivity contribution >= 4 is 0 Å². The average molecular weight is 291 g/mol. The summed E-state index contributed by atoms with van der Waals surface area (Å²) in [5.41, 5.74) is 1.97. The van der Waals surface area contributed by atoms with Gasteiger partial charge in [-0.05, 0) is 44.5 Å². The van der Waals surface area contributed by atoms with E-state index in [1.54, 1.807) is 12.3 Å². The Morgan fingerprint density at radius 3 is 2.67 bits per heavy atom. The van der Waals surface area contributed by atoms with Crippen molar-refractivity contribution in [2.24, 2.45) is 0 Å². The van der Waals surface area contributed by atoms with Gasteiger partial charge in [-0.25, -0.2) is 4.39 Å². The van der Waals surface area contributed by atoms with Crippen LogP contribution >= 0.6 is 0 Å². The topological polar surface area (TPSA) is 39.1 Å². The van der Waals surface area contributed by atoms with Crippen LogP contribution in [0.5, 0.6) is 5.75 Å². The SMILES string of the molecule is COc1ccc(Cn2nccc2CNC(C)(C)C)cc1F. The molecule has 1 aromatic heterocycles. The predicted octanol–water partition coefficient (Wildman–Crippen LogP) is 2.97. The van der Waals surface area contributed by atoms with Crippen molar-refractivity contribution in [3.05, 3.63) is 47.5 Å². The van der Waals surface area contributed by atoms with Gasteiger partial charge in [-0.2, -0.15) is 5.10 Å². The molecule has 0 radical (unpaired) electrons. The molecule has 21 heavy (non-hydrogen) atoms. The molecule has 4 nitrogen and oxygen atoms in total. The van der Waals surface area contributed by atoms with Crippen LogP contribution in [0.3, 0.4) is 0 Å². The first-order valence-electron chi connectivity index (χ1n) is 6.97. The second-order valence-electron chi connectivity index (χ2n) is 6.05. The molecular formula is C16H22FN3O. The third-order valence-electron chi connectivity index (χ3n) is 3.15. The van der Waals surface area contributed by atoms with Crippen molar-refractivity contribution in [3.8, 4) is 5.75 Å². The lowest BCUT2D eigenvalue weighted by Crippen LogP contribution is -2.35. The first-order valence-corrected chi connectivity index (χ1v) is 6.97. The summed E-state index contributed by atoms with van der Waals surface area (Å²) in [4.78, 5) is 0. The Labute approximate surface area is 124 Å². The van der Waals surface area contributed by atoms with E-state index in [2.05, 4.69) is 31.2 Å². The van der Waals surface area contributed by atoms with E-state index in [0.29, 0.717) is 6.54 Å². The van der Waals surface area contributed by atoms with Crippen LogP contribution in [0, 0.1) is 5.82 Å². The summed E-state index contributed by atoms with van der Waals surface area (Å²) in [6.07, 6.45) is 1.76. The number of methoxy groups -OCH3 is 1. The highest BCUT2D eigenvalue weighted by Gasteiger charge is 2.11. The second-order valence-corrected chi connectivity index (χ2v) is 6.05. The van der Waals surface area contributed by atoms with Crippen LogP contribution in [0.1, 0.15) is 32.0 Å². The average Bonchev–Trinajstić information content (AvgIpc) is 2.83. The number of ether oxygens (including phenoxy) is 1. The fraction of sp³-hybridized carbons (Fsp3) is 0.438. The molecule has 1 N–H and O–H groups in total. The fourth-order valence-corrected chi connectivity index (χ4v) is 1.99. The normalized spacial score (nSPS) is 11.7.